The number of carbonyl (C=O) groups is 3. The van der Waals surface area contributed by atoms with Gasteiger partial charge in [0.05, 0.1) is 10.9 Å². The van der Waals surface area contributed by atoms with E-state index >= 15 is 0 Å². The average molecular weight is 565 g/mol. The van der Waals surface area contributed by atoms with Crippen LogP contribution in [0.5, 0.6) is 17.2 Å². The molecule has 3 rings (SSSR count). The van der Waals surface area contributed by atoms with Crippen molar-refractivity contribution >= 4 is 28.9 Å². The topological polar surface area (TPSA) is 109 Å². The zero-order chi connectivity index (χ0) is 29.6. The van der Waals surface area contributed by atoms with E-state index in [1.807, 2.05) is 13.8 Å². The van der Waals surface area contributed by atoms with Crippen molar-refractivity contribution in [2.24, 2.45) is 0 Å². The van der Waals surface area contributed by atoms with Gasteiger partial charge in [0, 0.05) is 19.3 Å². The lowest BCUT2D eigenvalue weighted by atomic mass is 10.0. The monoisotopic (exact) mass is 564 g/mol. The van der Waals surface area contributed by atoms with Crippen molar-refractivity contribution in [3.63, 3.8) is 0 Å². The Bertz CT molecular complexity index is 1370. The van der Waals surface area contributed by atoms with Crippen LogP contribution in [-0.2, 0) is 14.4 Å². The van der Waals surface area contributed by atoms with Crippen molar-refractivity contribution in [1.82, 2.24) is 0 Å². The van der Waals surface area contributed by atoms with Crippen LogP contribution in [0.4, 0.5) is 0 Å². The number of hydrogen-bond acceptors (Lipinski definition) is 8. The summed E-state index contributed by atoms with van der Waals surface area (Å²) in [6, 6.07) is 9.56. The summed E-state index contributed by atoms with van der Waals surface area (Å²) in [5.74, 6) is -0.907. The first-order valence-corrected chi connectivity index (χ1v) is 14.7. The zero-order valence-electron chi connectivity index (χ0n) is 24.3. The molecular formula is C33H40O8. The van der Waals surface area contributed by atoms with E-state index in [1.165, 1.54) is 18.4 Å². The minimum absolute atomic E-state index is 0.0269. The van der Waals surface area contributed by atoms with Gasteiger partial charge in [-0.1, -0.05) is 71.4 Å². The Balaban J connectivity index is 1.89. The van der Waals surface area contributed by atoms with Crippen LogP contribution in [0.25, 0.3) is 22.1 Å². The van der Waals surface area contributed by atoms with Gasteiger partial charge in [-0.2, -0.15) is 0 Å². The summed E-state index contributed by atoms with van der Waals surface area (Å²) in [4.78, 5) is 50.6. The first kappa shape index (κ1) is 31.6. The summed E-state index contributed by atoms with van der Waals surface area (Å²) in [7, 11) is 0. The van der Waals surface area contributed by atoms with Crippen LogP contribution in [0.2, 0.25) is 0 Å². The average Bonchev–Trinajstić information content (AvgIpc) is 2.95. The maximum Gasteiger partial charge on any atom is 0.311 e. The summed E-state index contributed by atoms with van der Waals surface area (Å²) in [5, 5.41) is 0.177. The summed E-state index contributed by atoms with van der Waals surface area (Å²) in [6.45, 7) is 6.14. The molecule has 0 amide bonds. The van der Waals surface area contributed by atoms with Crippen LogP contribution in [0, 0.1) is 0 Å². The highest BCUT2D eigenvalue weighted by molar-refractivity contribution is 5.91. The van der Waals surface area contributed by atoms with E-state index in [-0.39, 0.29) is 52.3 Å². The molecule has 1 aromatic heterocycles. The maximum atomic E-state index is 13.5. The Hall–Kier alpha value is -3.94. The highest BCUT2D eigenvalue weighted by Crippen LogP contribution is 2.37. The molecule has 0 radical (unpaired) electrons. The SMILES string of the molecule is CCCCCC(=O)Oc1ccc(-c2coc3c(OC(=O)CCCCC)c(OC(=O)CCCCC)ccc3c2=O)cc1. The van der Waals surface area contributed by atoms with Gasteiger partial charge in [0.2, 0.25) is 11.2 Å². The molecule has 0 fully saturated rings. The van der Waals surface area contributed by atoms with E-state index in [9.17, 15) is 19.2 Å². The minimum Gasteiger partial charge on any atom is -0.459 e. The Morgan fingerprint density at radius 2 is 1.20 bits per heavy atom. The number of rotatable bonds is 16. The van der Waals surface area contributed by atoms with Crippen molar-refractivity contribution in [2.75, 3.05) is 0 Å². The van der Waals surface area contributed by atoms with E-state index in [4.69, 9.17) is 18.6 Å². The van der Waals surface area contributed by atoms with Crippen molar-refractivity contribution in [1.29, 1.82) is 0 Å². The van der Waals surface area contributed by atoms with Crippen molar-refractivity contribution in [2.45, 2.75) is 97.8 Å². The second kappa shape index (κ2) is 16.4. The van der Waals surface area contributed by atoms with E-state index in [1.54, 1.807) is 24.3 Å². The molecule has 0 atom stereocenters. The van der Waals surface area contributed by atoms with Gasteiger partial charge in [-0.3, -0.25) is 19.2 Å². The molecule has 0 unspecified atom stereocenters. The summed E-state index contributed by atoms with van der Waals surface area (Å²) in [5.41, 5.74) is 0.526. The maximum absolute atomic E-state index is 13.5. The summed E-state index contributed by atoms with van der Waals surface area (Å²) < 4.78 is 22.4. The third kappa shape index (κ3) is 9.30. The number of ether oxygens (including phenoxy) is 3. The van der Waals surface area contributed by atoms with Crippen LogP contribution in [0.1, 0.15) is 97.8 Å². The lowest BCUT2D eigenvalue weighted by Gasteiger charge is -2.13. The fourth-order valence-corrected chi connectivity index (χ4v) is 4.31. The van der Waals surface area contributed by atoms with Gasteiger partial charge in [-0.15, -0.1) is 0 Å². The quantitative estimate of drug-likeness (QED) is 0.0980. The van der Waals surface area contributed by atoms with Gasteiger partial charge in [0.25, 0.3) is 0 Å². The van der Waals surface area contributed by atoms with E-state index in [2.05, 4.69) is 6.92 Å². The molecule has 3 aromatic rings. The van der Waals surface area contributed by atoms with Crippen molar-refractivity contribution in [3.05, 3.63) is 52.9 Å². The minimum atomic E-state index is -0.499. The van der Waals surface area contributed by atoms with Crippen LogP contribution in [0.15, 0.2) is 51.9 Å². The van der Waals surface area contributed by atoms with Gasteiger partial charge in [0.1, 0.15) is 12.0 Å². The van der Waals surface area contributed by atoms with Gasteiger partial charge in [-0.05, 0) is 49.1 Å². The largest absolute Gasteiger partial charge is 0.459 e. The smallest absolute Gasteiger partial charge is 0.311 e. The van der Waals surface area contributed by atoms with Gasteiger partial charge in [0.15, 0.2) is 11.3 Å². The Kier molecular flexibility index (Phi) is 12.6. The van der Waals surface area contributed by atoms with Crippen molar-refractivity contribution < 1.29 is 33.0 Å². The number of fused-ring (bicyclic) bond motifs is 1. The molecule has 41 heavy (non-hydrogen) atoms. The predicted octanol–water partition coefficient (Wildman–Crippen LogP) is 7.92. The molecule has 0 aliphatic rings. The molecule has 1 heterocycles. The number of esters is 3. The Labute approximate surface area is 241 Å². The normalized spacial score (nSPS) is 10.9. The molecule has 8 nitrogen and oxygen atoms in total. The fraction of sp³-hybridized carbons (Fsp3) is 0.455. The molecule has 0 spiro atoms. The third-order valence-electron chi connectivity index (χ3n) is 6.65. The molecule has 8 heteroatoms. The molecule has 0 bridgehead atoms. The number of hydrogen-bond donors (Lipinski definition) is 0. The predicted molar refractivity (Wildman–Crippen MR) is 157 cm³/mol. The molecule has 2 aromatic carbocycles. The molecule has 220 valence electrons. The molecular weight excluding hydrogens is 524 g/mol. The molecule has 0 saturated carbocycles. The lowest BCUT2D eigenvalue weighted by Crippen LogP contribution is -2.13. The van der Waals surface area contributed by atoms with Crippen LogP contribution < -0.4 is 19.6 Å². The second-order valence-electron chi connectivity index (χ2n) is 10.1. The summed E-state index contributed by atoms with van der Waals surface area (Å²) >= 11 is 0. The first-order chi connectivity index (χ1) is 19.9. The molecule has 0 aliphatic carbocycles. The highest BCUT2D eigenvalue weighted by atomic mass is 16.6. The van der Waals surface area contributed by atoms with E-state index < -0.39 is 11.9 Å². The van der Waals surface area contributed by atoms with Gasteiger partial charge in [-0.25, -0.2) is 0 Å². The third-order valence-corrected chi connectivity index (χ3v) is 6.65. The van der Waals surface area contributed by atoms with Gasteiger partial charge < -0.3 is 18.6 Å². The van der Waals surface area contributed by atoms with E-state index in [0.717, 1.165) is 44.9 Å². The number of benzene rings is 2. The lowest BCUT2D eigenvalue weighted by molar-refractivity contribution is -0.137. The van der Waals surface area contributed by atoms with E-state index in [0.29, 0.717) is 30.6 Å². The highest BCUT2D eigenvalue weighted by Gasteiger charge is 2.22. The zero-order valence-corrected chi connectivity index (χ0v) is 24.3. The Morgan fingerprint density at radius 1 is 0.659 bits per heavy atom. The second-order valence-corrected chi connectivity index (χ2v) is 10.1. The number of unbranched alkanes of at least 4 members (excludes halogenated alkanes) is 6. The van der Waals surface area contributed by atoms with Crippen LogP contribution in [-0.4, -0.2) is 17.9 Å². The first-order valence-electron chi connectivity index (χ1n) is 14.7. The summed E-state index contributed by atoms with van der Waals surface area (Å²) in [6.07, 6.45) is 9.84. The van der Waals surface area contributed by atoms with Crippen molar-refractivity contribution in [3.8, 4) is 28.4 Å². The van der Waals surface area contributed by atoms with Crippen LogP contribution >= 0.6 is 0 Å². The van der Waals surface area contributed by atoms with Crippen LogP contribution in [0.3, 0.4) is 0 Å². The Morgan fingerprint density at radius 3 is 1.76 bits per heavy atom. The molecule has 0 N–H and O–H groups in total. The fourth-order valence-electron chi connectivity index (χ4n) is 4.31. The van der Waals surface area contributed by atoms with Gasteiger partial charge >= 0.3 is 17.9 Å². The molecule has 0 saturated heterocycles. The number of carbonyl (C=O) groups excluding carboxylic acids is 3. The molecule has 0 aliphatic heterocycles. The standard InChI is InChI=1S/C33H40O8/c1-4-7-10-13-28(34)39-24-18-16-23(17-19-24)26-22-38-32-25(31(26)37)20-21-27(40-29(35)14-11-8-5-2)33(32)41-30(36)15-12-9-6-3/h16-22H,4-15H2,1-3H3.